The van der Waals surface area contributed by atoms with Crippen LogP contribution in [0.15, 0.2) is 35.7 Å². The highest BCUT2D eigenvalue weighted by Crippen LogP contribution is 2.30. The summed E-state index contributed by atoms with van der Waals surface area (Å²) in [6.45, 7) is 0.266. The first-order chi connectivity index (χ1) is 9.31. The van der Waals surface area contributed by atoms with Crippen LogP contribution in [-0.2, 0) is 16.1 Å². The Kier molecular flexibility index (Phi) is 3.46. The lowest BCUT2D eigenvalue weighted by molar-refractivity contribution is -0.146. The molecule has 19 heavy (non-hydrogen) atoms. The van der Waals surface area contributed by atoms with Crippen molar-refractivity contribution in [3.05, 3.63) is 41.4 Å². The number of benzene rings is 1. The predicted molar refractivity (Wildman–Crippen MR) is 74.4 cm³/mol. The number of esters is 1. The molecular formula is C14H14N2O2S. The number of hydrogen-bond acceptors (Lipinski definition) is 5. The minimum atomic E-state index is -0.0921. The van der Waals surface area contributed by atoms with Gasteiger partial charge in [0, 0.05) is 11.1 Å². The topological polar surface area (TPSA) is 51.2 Å². The maximum atomic E-state index is 11.4. The Hall–Kier alpha value is -1.88. The fourth-order valence-corrected chi connectivity index (χ4v) is 2.37. The van der Waals surface area contributed by atoms with E-state index in [2.05, 4.69) is 10.3 Å². The monoisotopic (exact) mass is 274 g/mol. The molecule has 0 bridgehead atoms. The number of para-hydroxylation sites is 1. The molecule has 98 valence electrons. The van der Waals surface area contributed by atoms with E-state index >= 15 is 0 Å². The summed E-state index contributed by atoms with van der Waals surface area (Å²) in [7, 11) is 0. The molecule has 1 fully saturated rings. The maximum absolute atomic E-state index is 11.4. The Labute approximate surface area is 115 Å². The molecule has 1 aromatic heterocycles. The van der Waals surface area contributed by atoms with Gasteiger partial charge in [0.2, 0.25) is 0 Å². The third kappa shape index (κ3) is 3.32. The van der Waals surface area contributed by atoms with E-state index in [1.54, 1.807) is 0 Å². The van der Waals surface area contributed by atoms with E-state index in [4.69, 9.17) is 4.74 Å². The van der Waals surface area contributed by atoms with Gasteiger partial charge in [0.1, 0.15) is 6.61 Å². The zero-order valence-electron chi connectivity index (χ0n) is 10.3. The van der Waals surface area contributed by atoms with Crippen LogP contribution in [0.2, 0.25) is 0 Å². The van der Waals surface area contributed by atoms with Gasteiger partial charge in [-0.3, -0.25) is 4.79 Å². The molecule has 5 heteroatoms. The number of aromatic nitrogens is 1. The van der Waals surface area contributed by atoms with E-state index in [1.165, 1.54) is 11.3 Å². The van der Waals surface area contributed by atoms with Crippen molar-refractivity contribution in [2.45, 2.75) is 19.4 Å². The van der Waals surface area contributed by atoms with Gasteiger partial charge in [0.25, 0.3) is 0 Å². The lowest BCUT2D eigenvalue weighted by atomic mass is 10.3. The van der Waals surface area contributed by atoms with Crippen LogP contribution in [0.3, 0.4) is 0 Å². The van der Waals surface area contributed by atoms with Crippen LogP contribution in [0.1, 0.15) is 18.5 Å². The number of hydrogen-bond donors (Lipinski definition) is 1. The molecule has 1 aliphatic carbocycles. The van der Waals surface area contributed by atoms with Gasteiger partial charge < -0.3 is 10.1 Å². The van der Waals surface area contributed by atoms with Crippen LogP contribution < -0.4 is 5.32 Å². The third-order valence-electron chi connectivity index (χ3n) is 2.85. The number of rotatable bonds is 5. The van der Waals surface area contributed by atoms with Crippen molar-refractivity contribution in [1.82, 2.24) is 4.98 Å². The molecule has 0 amide bonds. The van der Waals surface area contributed by atoms with Gasteiger partial charge in [-0.05, 0) is 25.0 Å². The molecule has 1 N–H and O–H groups in total. The van der Waals surface area contributed by atoms with Crippen molar-refractivity contribution < 1.29 is 9.53 Å². The average Bonchev–Trinajstić information content (AvgIpc) is 3.19. The summed E-state index contributed by atoms with van der Waals surface area (Å²) in [6, 6.07) is 9.86. The molecule has 0 atom stereocenters. The average molecular weight is 274 g/mol. The number of carbonyl (C=O) groups excluding carboxylic acids is 1. The number of nitrogens with zero attached hydrogens (tertiary/aromatic N) is 1. The smallest absolute Gasteiger partial charge is 0.309 e. The van der Waals surface area contributed by atoms with Gasteiger partial charge in [-0.25, -0.2) is 4.98 Å². The van der Waals surface area contributed by atoms with Crippen molar-refractivity contribution in [2.75, 3.05) is 5.32 Å². The molecule has 0 saturated heterocycles. The highest BCUT2D eigenvalue weighted by Gasteiger charge is 2.31. The van der Waals surface area contributed by atoms with Gasteiger partial charge in [0.05, 0.1) is 11.6 Å². The molecular weight excluding hydrogens is 260 g/mol. The van der Waals surface area contributed by atoms with Gasteiger partial charge >= 0.3 is 5.97 Å². The highest BCUT2D eigenvalue weighted by molar-refractivity contribution is 7.13. The van der Waals surface area contributed by atoms with E-state index in [-0.39, 0.29) is 18.5 Å². The van der Waals surface area contributed by atoms with E-state index in [0.717, 1.165) is 29.4 Å². The van der Waals surface area contributed by atoms with E-state index in [0.29, 0.717) is 0 Å². The second kappa shape index (κ2) is 5.40. The molecule has 1 heterocycles. The van der Waals surface area contributed by atoms with Crippen LogP contribution >= 0.6 is 11.3 Å². The Balaban J connectivity index is 1.55. The van der Waals surface area contributed by atoms with Crippen LogP contribution in [0, 0.1) is 5.92 Å². The summed E-state index contributed by atoms with van der Waals surface area (Å²) < 4.78 is 5.19. The van der Waals surface area contributed by atoms with E-state index in [1.807, 2.05) is 35.7 Å². The molecule has 0 spiro atoms. The molecule has 4 nitrogen and oxygen atoms in total. The molecule has 1 aromatic carbocycles. The van der Waals surface area contributed by atoms with E-state index in [9.17, 15) is 4.79 Å². The minimum absolute atomic E-state index is 0.0921. The Morgan fingerprint density at radius 2 is 2.16 bits per heavy atom. The Bertz CT molecular complexity index is 564. The van der Waals surface area contributed by atoms with Crippen LogP contribution in [-0.4, -0.2) is 11.0 Å². The number of ether oxygens (including phenoxy) is 1. The first-order valence-corrected chi connectivity index (χ1v) is 7.12. The van der Waals surface area contributed by atoms with E-state index < -0.39 is 0 Å². The zero-order valence-corrected chi connectivity index (χ0v) is 11.2. The molecule has 0 aliphatic heterocycles. The van der Waals surface area contributed by atoms with Crippen LogP contribution in [0.5, 0.6) is 0 Å². The fourth-order valence-electron chi connectivity index (χ4n) is 1.66. The summed E-state index contributed by atoms with van der Waals surface area (Å²) in [5.74, 6) is 0.0473. The fraction of sp³-hybridized carbons (Fsp3) is 0.286. The largest absolute Gasteiger partial charge is 0.459 e. The molecule has 1 saturated carbocycles. The quantitative estimate of drug-likeness (QED) is 0.850. The van der Waals surface area contributed by atoms with Crippen molar-refractivity contribution >= 4 is 28.1 Å². The predicted octanol–water partition coefficient (Wildman–Crippen LogP) is 3.34. The van der Waals surface area contributed by atoms with Crippen LogP contribution in [0.4, 0.5) is 10.8 Å². The van der Waals surface area contributed by atoms with Crippen molar-refractivity contribution in [3.8, 4) is 0 Å². The van der Waals surface area contributed by atoms with Crippen molar-refractivity contribution in [1.29, 1.82) is 0 Å². The SMILES string of the molecule is O=C(OCc1csc(Nc2ccccc2)n1)C1CC1. The minimum Gasteiger partial charge on any atom is -0.459 e. The molecule has 0 unspecified atom stereocenters. The zero-order chi connectivity index (χ0) is 13.1. The van der Waals surface area contributed by atoms with Crippen molar-refractivity contribution in [3.63, 3.8) is 0 Å². The first kappa shape index (κ1) is 12.2. The number of nitrogens with one attached hydrogen (secondary N) is 1. The lowest BCUT2D eigenvalue weighted by Crippen LogP contribution is -2.06. The van der Waals surface area contributed by atoms with Gasteiger partial charge in [0.15, 0.2) is 5.13 Å². The van der Waals surface area contributed by atoms with Gasteiger partial charge in [-0.1, -0.05) is 18.2 Å². The standard InChI is InChI=1S/C14H14N2O2S/c17-13(10-6-7-10)18-8-12-9-19-14(16-12)15-11-4-2-1-3-5-11/h1-5,9-10H,6-8H2,(H,15,16). The summed E-state index contributed by atoms with van der Waals surface area (Å²) in [4.78, 5) is 15.8. The molecule has 0 radical (unpaired) electrons. The second-order valence-corrected chi connectivity index (χ2v) is 5.38. The Morgan fingerprint density at radius 1 is 1.37 bits per heavy atom. The normalized spacial score (nSPS) is 14.1. The number of anilines is 2. The molecule has 1 aliphatic rings. The van der Waals surface area contributed by atoms with Gasteiger partial charge in [-0.15, -0.1) is 11.3 Å². The van der Waals surface area contributed by atoms with Crippen molar-refractivity contribution in [2.24, 2.45) is 5.92 Å². The lowest BCUT2D eigenvalue weighted by Gasteiger charge is -2.02. The molecule has 3 rings (SSSR count). The van der Waals surface area contributed by atoms with Gasteiger partial charge in [-0.2, -0.15) is 0 Å². The summed E-state index contributed by atoms with van der Waals surface area (Å²) in [5.41, 5.74) is 1.79. The summed E-state index contributed by atoms with van der Waals surface area (Å²) >= 11 is 1.51. The number of carbonyl (C=O) groups is 1. The molecule has 2 aromatic rings. The summed E-state index contributed by atoms with van der Waals surface area (Å²) in [5, 5.41) is 5.93. The Morgan fingerprint density at radius 3 is 2.89 bits per heavy atom. The summed E-state index contributed by atoms with van der Waals surface area (Å²) in [6.07, 6.45) is 1.94. The highest BCUT2D eigenvalue weighted by atomic mass is 32.1. The van der Waals surface area contributed by atoms with Crippen LogP contribution in [0.25, 0.3) is 0 Å². The number of thiazole rings is 1. The second-order valence-electron chi connectivity index (χ2n) is 4.52. The third-order valence-corrected chi connectivity index (χ3v) is 3.66. The first-order valence-electron chi connectivity index (χ1n) is 6.24. The maximum Gasteiger partial charge on any atom is 0.309 e.